The number of hydrogen-bond donors (Lipinski definition) is 1. The molecule has 1 aromatic carbocycles. The summed E-state index contributed by atoms with van der Waals surface area (Å²) < 4.78 is 0. The van der Waals surface area contributed by atoms with Crippen molar-refractivity contribution >= 4 is 29.1 Å². The lowest BCUT2D eigenvalue weighted by atomic mass is 9.95. The molecule has 0 bridgehead atoms. The number of nitrogens with two attached hydrogens (primary N) is 1. The van der Waals surface area contributed by atoms with E-state index in [9.17, 15) is 4.79 Å². The zero-order valence-corrected chi connectivity index (χ0v) is 10.7. The molecule has 4 nitrogen and oxygen atoms in total. The predicted molar refractivity (Wildman–Crippen MR) is 69.5 cm³/mol. The Kier molecular flexibility index (Phi) is 3.79. The first kappa shape index (κ1) is 12.8. The standard InChI is InChI=1S/C12H9Cl2N3O/c13-7-2-1-3-8(14)10(7)11(12(15)18)9-6-16-4-5-17-9/h1-6,11H,(H2,15,18). The number of nitrogens with zero attached hydrogens (tertiary/aromatic N) is 2. The molecule has 2 aromatic rings. The van der Waals surface area contributed by atoms with Gasteiger partial charge in [-0.05, 0) is 12.1 Å². The first-order valence-electron chi connectivity index (χ1n) is 5.10. The van der Waals surface area contributed by atoms with E-state index >= 15 is 0 Å². The molecule has 1 amide bonds. The van der Waals surface area contributed by atoms with Crippen molar-refractivity contribution in [2.75, 3.05) is 0 Å². The summed E-state index contributed by atoms with van der Waals surface area (Å²) in [5.74, 6) is -1.38. The molecule has 0 spiro atoms. The number of benzene rings is 1. The van der Waals surface area contributed by atoms with E-state index in [-0.39, 0.29) is 0 Å². The summed E-state index contributed by atoms with van der Waals surface area (Å²) in [6, 6.07) is 4.99. The summed E-state index contributed by atoms with van der Waals surface area (Å²) in [7, 11) is 0. The average Bonchev–Trinajstić information content (AvgIpc) is 2.34. The molecule has 1 heterocycles. The Balaban J connectivity index is 2.60. The number of amides is 1. The first-order valence-corrected chi connectivity index (χ1v) is 5.86. The summed E-state index contributed by atoms with van der Waals surface area (Å²) in [4.78, 5) is 19.6. The lowest BCUT2D eigenvalue weighted by Gasteiger charge is -2.15. The van der Waals surface area contributed by atoms with Crippen LogP contribution >= 0.6 is 23.2 Å². The predicted octanol–water partition coefficient (Wildman–Crippen LogP) is 2.40. The molecule has 18 heavy (non-hydrogen) atoms. The van der Waals surface area contributed by atoms with Gasteiger partial charge in [-0.2, -0.15) is 0 Å². The van der Waals surface area contributed by atoms with Crippen LogP contribution in [0.4, 0.5) is 0 Å². The van der Waals surface area contributed by atoms with Gasteiger partial charge < -0.3 is 5.73 Å². The van der Waals surface area contributed by atoms with Crippen LogP contribution in [-0.4, -0.2) is 15.9 Å². The van der Waals surface area contributed by atoms with E-state index in [0.29, 0.717) is 21.3 Å². The van der Waals surface area contributed by atoms with Gasteiger partial charge in [-0.1, -0.05) is 29.3 Å². The van der Waals surface area contributed by atoms with Crippen LogP contribution in [0.2, 0.25) is 10.0 Å². The number of primary amides is 1. The van der Waals surface area contributed by atoms with E-state index < -0.39 is 11.8 Å². The van der Waals surface area contributed by atoms with Gasteiger partial charge in [0, 0.05) is 34.2 Å². The molecule has 1 atom stereocenters. The molecule has 0 saturated carbocycles. The Morgan fingerprint density at radius 1 is 1.22 bits per heavy atom. The molecule has 92 valence electrons. The molecule has 2 N–H and O–H groups in total. The van der Waals surface area contributed by atoms with E-state index in [1.165, 1.54) is 18.6 Å². The Labute approximate surface area is 114 Å². The van der Waals surface area contributed by atoms with Crippen LogP contribution in [0.25, 0.3) is 0 Å². The van der Waals surface area contributed by atoms with Crippen LogP contribution in [0.5, 0.6) is 0 Å². The van der Waals surface area contributed by atoms with E-state index in [1.807, 2.05) is 0 Å². The molecule has 0 radical (unpaired) electrons. The smallest absolute Gasteiger partial charge is 0.231 e. The van der Waals surface area contributed by atoms with Crippen molar-refractivity contribution in [1.82, 2.24) is 9.97 Å². The summed E-state index contributed by atoms with van der Waals surface area (Å²) in [5, 5.41) is 0.744. The van der Waals surface area contributed by atoms with Gasteiger partial charge in [-0.3, -0.25) is 14.8 Å². The zero-order chi connectivity index (χ0) is 13.1. The summed E-state index contributed by atoms with van der Waals surface area (Å²) >= 11 is 12.2. The van der Waals surface area contributed by atoms with Crippen molar-refractivity contribution in [2.24, 2.45) is 5.73 Å². The quantitative estimate of drug-likeness (QED) is 0.939. The largest absolute Gasteiger partial charge is 0.369 e. The van der Waals surface area contributed by atoms with Crippen molar-refractivity contribution in [1.29, 1.82) is 0 Å². The van der Waals surface area contributed by atoms with Crippen molar-refractivity contribution in [3.8, 4) is 0 Å². The highest BCUT2D eigenvalue weighted by atomic mass is 35.5. The highest BCUT2D eigenvalue weighted by Crippen LogP contribution is 2.34. The molecule has 0 aliphatic rings. The van der Waals surface area contributed by atoms with Crippen LogP contribution in [0.3, 0.4) is 0 Å². The monoisotopic (exact) mass is 281 g/mol. The minimum atomic E-state index is -0.806. The number of halogens is 2. The van der Waals surface area contributed by atoms with Gasteiger partial charge >= 0.3 is 0 Å². The third-order valence-corrected chi connectivity index (χ3v) is 3.11. The molecule has 0 aliphatic carbocycles. The lowest BCUT2D eigenvalue weighted by Crippen LogP contribution is -2.24. The van der Waals surface area contributed by atoms with Gasteiger partial charge in [0.2, 0.25) is 5.91 Å². The Hall–Kier alpha value is -1.65. The number of aromatic nitrogens is 2. The molecule has 1 aromatic heterocycles. The Bertz CT molecular complexity index is 555. The highest BCUT2D eigenvalue weighted by Gasteiger charge is 2.26. The third kappa shape index (κ3) is 2.44. The summed E-state index contributed by atoms with van der Waals surface area (Å²) in [5.41, 5.74) is 6.28. The van der Waals surface area contributed by atoms with E-state index in [2.05, 4.69) is 9.97 Å². The SMILES string of the molecule is NC(=O)C(c1cnccn1)c1c(Cl)cccc1Cl. The van der Waals surface area contributed by atoms with Crippen molar-refractivity contribution in [3.05, 3.63) is 58.1 Å². The molecule has 0 fully saturated rings. The number of rotatable bonds is 3. The Morgan fingerprint density at radius 3 is 2.39 bits per heavy atom. The molecule has 2 rings (SSSR count). The first-order chi connectivity index (χ1) is 8.61. The van der Waals surface area contributed by atoms with Gasteiger partial charge in [-0.25, -0.2) is 0 Å². The second-order valence-electron chi connectivity index (χ2n) is 3.60. The highest BCUT2D eigenvalue weighted by molar-refractivity contribution is 6.36. The molecule has 0 saturated heterocycles. The molecule has 0 aliphatic heterocycles. The van der Waals surface area contributed by atoms with Crippen LogP contribution in [0, 0.1) is 0 Å². The zero-order valence-electron chi connectivity index (χ0n) is 9.18. The molecule has 6 heteroatoms. The van der Waals surface area contributed by atoms with E-state index in [1.54, 1.807) is 18.2 Å². The average molecular weight is 282 g/mol. The van der Waals surface area contributed by atoms with E-state index in [0.717, 1.165) is 0 Å². The topological polar surface area (TPSA) is 68.9 Å². The maximum absolute atomic E-state index is 11.6. The minimum Gasteiger partial charge on any atom is -0.369 e. The minimum absolute atomic E-state index is 0.372. The van der Waals surface area contributed by atoms with Crippen LogP contribution in [0.1, 0.15) is 17.2 Å². The van der Waals surface area contributed by atoms with Gasteiger partial charge in [0.1, 0.15) is 5.92 Å². The maximum atomic E-state index is 11.6. The fraction of sp³-hybridized carbons (Fsp3) is 0.0833. The van der Waals surface area contributed by atoms with Gasteiger partial charge in [-0.15, -0.1) is 0 Å². The van der Waals surface area contributed by atoms with Crippen LogP contribution < -0.4 is 5.73 Å². The van der Waals surface area contributed by atoms with E-state index in [4.69, 9.17) is 28.9 Å². The fourth-order valence-corrected chi connectivity index (χ4v) is 2.30. The molecular formula is C12H9Cl2N3O. The molecule has 1 unspecified atom stereocenters. The normalized spacial score (nSPS) is 12.1. The molecular weight excluding hydrogens is 273 g/mol. The fourth-order valence-electron chi connectivity index (χ4n) is 1.68. The van der Waals surface area contributed by atoms with Crippen LogP contribution in [0.15, 0.2) is 36.8 Å². The number of carbonyl (C=O) groups is 1. The second kappa shape index (κ2) is 5.33. The van der Waals surface area contributed by atoms with Crippen molar-refractivity contribution < 1.29 is 4.79 Å². The van der Waals surface area contributed by atoms with Crippen molar-refractivity contribution in [3.63, 3.8) is 0 Å². The lowest BCUT2D eigenvalue weighted by molar-refractivity contribution is -0.118. The summed E-state index contributed by atoms with van der Waals surface area (Å²) in [6.07, 6.45) is 4.46. The van der Waals surface area contributed by atoms with Crippen molar-refractivity contribution in [2.45, 2.75) is 5.92 Å². The van der Waals surface area contributed by atoms with Gasteiger partial charge in [0.25, 0.3) is 0 Å². The second-order valence-corrected chi connectivity index (χ2v) is 4.42. The van der Waals surface area contributed by atoms with Gasteiger partial charge in [0.05, 0.1) is 5.69 Å². The van der Waals surface area contributed by atoms with Crippen LogP contribution in [-0.2, 0) is 4.79 Å². The number of hydrogen-bond acceptors (Lipinski definition) is 3. The van der Waals surface area contributed by atoms with Gasteiger partial charge in [0.15, 0.2) is 0 Å². The Morgan fingerprint density at radius 2 is 1.89 bits per heavy atom. The third-order valence-electron chi connectivity index (χ3n) is 2.45. The maximum Gasteiger partial charge on any atom is 0.231 e. The summed E-state index contributed by atoms with van der Waals surface area (Å²) in [6.45, 7) is 0. The number of carbonyl (C=O) groups excluding carboxylic acids is 1.